The van der Waals surface area contributed by atoms with Gasteiger partial charge in [0.05, 0.1) is 32.0 Å². The Morgan fingerprint density at radius 3 is 2.51 bits per heavy atom. The summed E-state index contributed by atoms with van der Waals surface area (Å²) in [5.74, 6) is -1.10. The zero-order chi connectivity index (χ0) is 28.5. The maximum absolute atomic E-state index is 14.3. The fraction of sp³-hybridized carbons (Fsp3) is 0.296. The smallest absolute Gasteiger partial charge is 0.264 e. The van der Waals surface area contributed by atoms with Crippen molar-refractivity contribution in [3.8, 4) is 21.8 Å². The van der Waals surface area contributed by atoms with Gasteiger partial charge in [-0.3, -0.25) is 4.72 Å². The molecule has 0 saturated carbocycles. The molecule has 206 valence electrons. The summed E-state index contributed by atoms with van der Waals surface area (Å²) in [4.78, 5) is 13.8. The molecule has 0 saturated heterocycles. The number of rotatable bonds is 8. The SMILES string of the molecule is CC(C)CNc1nccc(-c2sc(C(C)(C)C)nc2-c2cccc(NS(=O)(=O)c3cc(F)ccc3F)c2Cl)n1. The van der Waals surface area contributed by atoms with E-state index in [-0.39, 0.29) is 16.1 Å². The van der Waals surface area contributed by atoms with E-state index in [0.29, 0.717) is 41.4 Å². The van der Waals surface area contributed by atoms with Gasteiger partial charge in [0.1, 0.15) is 16.5 Å². The minimum absolute atomic E-state index is 0.00365. The van der Waals surface area contributed by atoms with Crippen molar-refractivity contribution < 1.29 is 17.2 Å². The number of nitrogens with one attached hydrogen (secondary N) is 2. The van der Waals surface area contributed by atoms with Gasteiger partial charge in [-0.25, -0.2) is 32.2 Å². The van der Waals surface area contributed by atoms with E-state index in [0.717, 1.165) is 22.0 Å². The molecule has 0 bridgehead atoms. The second-order valence-corrected chi connectivity index (χ2v) is 13.4. The first-order valence-electron chi connectivity index (χ1n) is 12.1. The Kier molecular flexibility index (Phi) is 8.25. The van der Waals surface area contributed by atoms with E-state index in [1.54, 1.807) is 24.4 Å². The van der Waals surface area contributed by atoms with Crippen molar-refractivity contribution >= 4 is 44.6 Å². The summed E-state index contributed by atoms with van der Waals surface area (Å²) in [6.45, 7) is 11.0. The van der Waals surface area contributed by atoms with Crippen LogP contribution in [-0.4, -0.2) is 29.9 Å². The topological polar surface area (TPSA) is 96.9 Å². The number of sulfonamides is 1. The first-order valence-corrected chi connectivity index (χ1v) is 14.8. The van der Waals surface area contributed by atoms with Crippen LogP contribution in [0.4, 0.5) is 20.4 Å². The van der Waals surface area contributed by atoms with Crippen LogP contribution in [-0.2, 0) is 15.4 Å². The molecule has 0 amide bonds. The highest BCUT2D eigenvalue weighted by Gasteiger charge is 2.27. The van der Waals surface area contributed by atoms with Gasteiger partial charge in [0, 0.05) is 23.7 Å². The molecule has 4 aromatic rings. The number of anilines is 2. The predicted octanol–water partition coefficient (Wildman–Crippen LogP) is 7.36. The summed E-state index contributed by atoms with van der Waals surface area (Å²) in [6.07, 6.45) is 1.66. The fourth-order valence-corrected chi connectivity index (χ4v) is 6.13. The molecule has 12 heteroatoms. The molecular weight excluding hydrogens is 564 g/mol. The number of benzene rings is 2. The summed E-state index contributed by atoms with van der Waals surface area (Å²) < 4.78 is 56.1. The van der Waals surface area contributed by atoms with E-state index in [1.807, 2.05) is 20.8 Å². The van der Waals surface area contributed by atoms with E-state index in [1.165, 1.54) is 17.4 Å². The lowest BCUT2D eigenvalue weighted by atomic mass is 9.98. The molecule has 0 unspecified atom stereocenters. The van der Waals surface area contributed by atoms with Crippen molar-refractivity contribution in [3.63, 3.8) is 0 Å². The number of hydrogen-bond acceptors (Lipinski definition) is 7. The van der Waals surface area contributed by atoms with Crippen molar-refractivity contribution in [1.29, 1.82) is 0 Å². The molecule has 0 aliphatic carbocycles. The molecule has 4 rings (SSSR count). The lowest BCUT2D eigenvalue weighted by Crippen LogP contribution is -2.15. The second kappa shape index (κ2) is 11.1. The van der Waals surface area contributed by atoms with Crippen LogP contribution in [0.3, 0.4) is 0 Å². The maximum atomic E-state index is 14.3. The second-order valence-electron chi connectivity index (χ2n) is 10.3. The Morgan fingerprint density at radius 1 is 1.08 bits per heavy atom. The first-order chi connectivity index (χ1) is 18.3. The molecule has 0 aliphatic heterocycles. The van der Waals surface area contributed by atoms with Crippen LogP contribution >= 0.6 is 22.9 Å². The standard InChI is InChI=1S/C27H28ClF2N5O2S2/c1-15(2)14-32-26-31-12-11-20(33-26)24-23(34-25(38-24)27(3,4)5)17-7-6-8-19(22(17)28)35-39(36,37)21-13-16(29)9-10-18(21)30/h6-13,15,35H,14H2,1-5H3,(H,31,32,33). The Labute approximate surface area is 235 Å². The molecule has 0 spiro atoms. The Bertz CT molecular complexity index is 1620. The molecule has 0 aliphatic rings. The number of hydrogen-bond donors (Lipinski definition) is 2. The van der Waals surface area contributed by atoms with E-state index in [4.69, 9.17) is 16.6 Å². The van der Waals surface area contributed by atoms with Crippen LogP contribution < -0.4 is 10.0 Å². The van der Waals surface area contributed by atoms with Crippen LogP contribution in [0.5, 0.6) is 0 Å². The number of aromatic nitrogens is 3. The maximum Gasteiger partial charge on any atom is 0.264 e. The minimum atomic E-state index is -4.48. The van der Waals surface area contributed by atoms with Crippen molar-refractivity contribution in [2.24, 2.45) is 5.92 Å². The normalized spacial score (nSPS) is 12.1. The highest BCUT2D eigenvalue weighted by molar-refractivity contribution is 7.92. The van der Waals surface area contributed by atoms with Gasteiger partial charge < -0.3 is 5.32 Å². The molecule has 2 heterocycles. The largest absolute Gasteiger partial charge is 0.354 e. The summed E-state index contributed by atoms with van der Waals surface area (Å²) >= 11 is 8.19. The number of halogens is 3. The van der Waals surface area contributed by atoms with Crippen LogP contribution in [0.15, 0.2) is 53.6 Å². The Balaban J connectivity index is 1.81. The molecule has 2 aromatic heterocycles. The van der Waals surface area contributed by atoms with Crippen LogP contribution in [0.2, 0.25) is 5.02 Å². The number of nitrogens with zero attached hydrogens (tertiary/aromatic N) is 3. The van der Waals surface area contributed by atoms with Crippen LogP contribution in [0, 0.1) is 17.6 Å². The molecule has 0 atom stereocenters. The van der Waals surface area contributed by atoms with Crippen molar-refractivity contribution in [3.05, 3.63) is 70.3 Å². The first kappa shape index (κ1) is 28.8. The van der Waals surface area contributed by atoms with Crippen molar-refractivity contribution in [1.82, 2.24) is 15.0 Å². The third kappa shape index (κ3) is 6.54. The Morgan fingerprint density at radius 2 is 1.82 bits per heavy atom. The van der Waals surface area contributed by atoms with Gasteiger partial charge in [0.25, 0.3) is 10.0 Å². The molecule has 7 nitrogen and oxygen atoms in total. The van der Waals surface area contributed by atoms with Gasteiger partial charge in [0.2, 0.25) is 5.95 Å². The average molecular weight is 592 g/mol. The van der Waals surface area contributed by atoms with Crippen LogP contribution in [0.1, 0.15) is 39.6 Å². The van der Waals surface area contributed by atoms with E-state index < -0.39 is 26.6 Å². The molecular formula is C27H28ClF2N5O2S2. The lowest BCUT2D eigenvalue weighted by Gasteiger charge is -2.14. The van der Waals surface area contributed by atoms with Gasteiger partial charge in [-0.05, 0) is 36.2 Å². The molecule has 0 fully saturated rings. The summed E-state index contributed by atoms with van der Waals surface area (Å²) in [5, 5.41) is 4.10. The van der Waals surface area contributed by atoms with E-state index in [9.17, 15) is 17.2 Å². The van der Waals surface area contributed by atoms with Gasteiger partial charge in [0.15, 0.2) is 0 Å². The highest BCUT2D eigenvalue weighted by atomic mass is 35.5. The minimum Gasteiger partial charge on any atom is -0.354 e. The fourth-order valence-electron chi connectivity index (χ4n) is 3.54. The summed E-state index contributed by atoms with van der Waals surface area (Å²) in [7, 11) is -4.48. The van der Waals surface area contributed by atoms with Gasteiger partial charge >= 0.3 is 0 Å². The predicted molar refractivity (Wildman–Crippen MR) is 153 cm³/mol. The lowest BCUT2D eigenvalue weighted by molar-refractivity contribution is 0.555. The zero-order valence-corrected chi connectivity index (χ0v) is 24.4. The van der Waals surface area contributed by atoms with E-state index in [2.05, 4.69) is 33.9 Å². The third-order valence-electron chi connectivity index (χ3n) is 5.51. The molecule has 2 aromatic carbocycles. The van der Waals surface area contributed by atoms with Gasteiger partial charge in [-0.1, -0.05) is 58.4 Å². The van der Waals surface area contributed by atoms with Gasteiger partial charge in [-0.15, -0.1) is 11.3 Å². The Hall–Kier alpha value is -3.15. The zero-order valence-electron chi connectivity index (χ0n) is 22.0. The third-order valence-corrected chi connectivity index (χ3v) is 8.80. The van der Waals surface area contributed by atoms with Crippen molar-refractivity contribution in [2.45, 2.75) is 44.9 Å². The van der Waals surface area contributed by atoms with Gasteiger partial charge in [-0.2, -0.15) is 0 Å². The molecule has 2 N–H and O–H groups in total. The average Bonchev–Trinajstić information content (AvgIpc) is 3.31. The van der Waals surface area contributed by atoms with Crippen LogP contribution in [0.25, 0.3) is 21.8 Å². The quantitative estimate of drug-likeness (QED) is 0.222. The molecule has 0 radical (unpaired) electrons. The highest BCUT2D eigenvalue weighted by Crippen LogP contribution is 2.44. The number of thiazole rings is 1. The monoisotopic (exact) mass is 591 g/mol. The molecule has 39 heavy (non-hydrogen) atoms. The summed E-state index contributed by atoms with van der Waals surface area (Å²) in [6, 6.07) is 8.75. The van der Waals surface area contributed by atoms with E-state index >= 15 is 0 Å². The summed E-state index contributed by atoms with van der Waals surface area (Å²) in [5.41, 5.74) is 1.30. The van der Waals surface area contributed by atoms with Crippen molar-refractivity contribution in [2.75, 3.05) is 16.6 Å².